The highest BCUT2D eigenvalue weighted by Gasteiger charge is 2.36. The van der Waals surface area contributed by atoms with Crippen LogP contribution in [0.1, 0.15) is 46.8 Å². The number of aromatic amines is 1. The first-order chi connectivity index (χ1) is 14.4. The van der Waals surface area contributed by atoms with Gasteiger partial charge in [0.05, 0.1) is 12.1 Å². The first-order valence-electron chi connectivity index (χ1n) is 10.5. The molecule has 0 spiro atoms. The van der Waals surface area contributed by atoms with Gasteiger partial charge in [0.15, 0.2) is 0 Å². The second kappa shape index (κ2) is 8.57. The Morgan fingerprint density at radius 1 is 1.10 bits per heavy atom. The van der Waals surface area contributed by atoms with Crippen LogP contribution in [0.4, 0.5) is 0 Å². The maximum Gasteiger partial charge on any atom is 0.328 e. The van der Waals surface area contributed by atoms with E-state index in [1.807, 2.05) is 24.3 Å². The van der Waals surface area contributed by atoms with E-state index in [9.17, 15) is 19.5 Å². The summed E-state index contributed by atoms with van der Waals surface area (Å²) in [5.74, 6) is -0.171. The predicted octanol–water partition coefficient (Wildman–Crippen LogP) is 0.889. The largest absolute Gasteiger partial charge is 0.389 e. The standard InChI is InChI=1S/C22H28N4O4/c1-15-11-26(22(30)23-20(15)28)18-13-25(14-19(18)27)21(29)17-7-5-16(6-8-17)12-24-9-3-2-4-10-24/h5-8,11,18-19,27H,2-4,9-10,12-14H2,1H3,(H,23,28,30)/t18-,19-/m0/s1. The predicted molar refractivity (Wildman–Crippen MR) is 113 cm³/mol. The molecule has 0 saturated carbocycles. The van der Waals surface area contributed by atoms with Gasteiger partial charge in [0.25, 0.3) is 11.5 Å². The average molecular weight is 412 g/mol. The molecule has 2 aliphatic heterocycles. The van der Waals surface area contributed by atoms with Crippen LogP contribution in [-0.4, -0.2) is 62.6 Å². The van der Waals surface area contributed by atoms with Gasteiger partial charge in [-0.2, -0.15) is 0 Å². The number of carbonyl (C=O) groups is 1. The van der Waals surface area contributed by atoms with Gasteiger partial charge in [0.1, 0.15) is 0 Å². The van der Waals surface area contributed by atoms with Crippen molar-refractivity contribution >= 4 is 5.91 Å². The number of β-amino-alcohol motifs (C(OH)–C–C–N with tert-alkyl or cyclic N) is 1. The molecular weight excluding hydrogens is 384 g/mol. The molecule has 1 aromatic heterocycles. The molecule has 1 amide bonds. The summed E-state index contributed by atoms with van der Waals surface area (Å²) in [5, 5.41) is 10.5. The van der Waals surface area contributed by atoms with Gasteiger partial charge < -0.3 is 10.0 Å². The topological polar surface area (TPSA) is 98.6 Å². The van der Waals surface area contributed by atoms with Crippen LogP contribution >= 0.6 is 0 Å². The molecule has 30 heavy (non-hydrogen) atoms. The minimum Gasteiger partial charge on any atom is -0.389 e. The molecule has 2 fully saturated rings. The Morgan fingerprint density at radius 3 is 2.50 bits per heavy atom. The molecule has 2 N–H and O–H groups in total. The van der Waals surface area contributed by atoms with Gasteiger partial charge in [-0.1, -0.05) is 18.6 Å². The van der Waals surface area contributed by atoms with E-state index >= 15 is 0 Å². The van der Waals surface area contributed by atoms with Crippen molar-refractivity contribution in [2.24, 2.45) is 0 Å². The number of carbonyl (C=O) groups excluding carboxylic acids is 1. The summed E-state index contributed by atoms with van der Waals surface area (Å²) < 4.78 is 1.32. The number of aromatic nitrogens is 2. The molecule has 0 aliphatic carbocycles. The summed E-state index contributed by atoms with van der Waals surface area (Å²) in [7, 11) is 0. The molecule has 1 aromatic carbocycles. The highest BCUT2D eigenvalue weighted by molar-refractivity contribution is 5.94. The lowest BCUT2D eigenvalue weighted by atomic mass is 10.1. The van der Waals surface area contributed by atoms with Crippen molar-refractivity contribution < 1.29 is 9.90 Å². The normalized spacial score (nSPS) is 22.4. The fourth-order valence-electron chi connectivity index (χ4n) is 4.35. The molecule has 2 atom stereocenters. The van der Waals surface area contributed by atoms with E-state index in [1.54, 1.807) is 11.8 Å². The van der Waals surface area contributed by atoms with Crippen molar-refractivity contribution in [3.8, 4) is 0 Å². The van der Waals surface area contributed by atoms with E-state index in [4.69, 9.17) is 0 Å². The van der Waals surface area contributed by atoms with E-state index in [2.05, 4.69) is 9.88 Å². The van der Waals surface area contributed by atoms with Crippen LogP contribution in [0.15, 0.2) is 40.1 Å². The summed E-state index contributed by atoms with van der Waals surface area (Å²) in [6.07, 6.45) is 4.35. The van der Waals surface area contributed by atoms with Crippen molar-refractivity contribution in [3.05, 3.63) is 68.0 Å². The SMILES string of the molecule is Cc1cn([C@H]2CN(C(=O)c3ccc(CN4CCCCC4)cc3)C[C@@H]2O)c(=O)[nH]c1=O. The van der Waals surface area contributed by atoms with E-state index in [0.717, 1.165) is 19.6 Å². The summed E-state index contributed by atoms with van der Waals surface area (Å²) in [5.41, 5.74) is 1.11. The molecule has 0 unspecified atom stereocenters. The quantitative estimate of drug-likeness (QED) is 0.777. The lowest BCUT2D eigenvalue weighted by Gasteiger charge is -2.26. The van der Waals surface area contributed by atoms with Crippen molar-refractivity contribution in [2.45, 2.75) is 44.9 Å². The fourth-order valence-corrected chi connectivity index (χ4v) is 4.35. The number of likely N-dealkylation sites (tertiary alicyclic amines) is 2. The highest BCUT2D eigenvalue weighted by atomic mass is 16.3. The van der Waals surface area contributed by atoms with Gasteiger partial charge in [-0.05, 0) is 50.6 Å². The summed E-state index contributed by atoms with van der Waals surface area (Å²) in [6, 6.07) is 7.05. The van der Waals surface area contributed by atoms with Crippen LogP contribution in [0.5, 0.6) is 0 Å². The van der Waals surface area contributed by atoms with E-state index in [1.165, 1.54) is 35.6 Å². The smallest absolute Gasteiger partial charge is 0.328 e. The zero-order valence-corrected chi connectivity index (χ0v) is 17.2. The minimum atomic E-state index is -0.879. The first-order valence-corrected chi connectivity index (χ1v) is 10.5. The first kappa shape index (κ1) is 20.6. The maximum absolute atomic E-state index is 12.9. The molecule has 160 valence electrons. The Morgan fingerprint density at radius 2 is 1.80 bits per heavy atom. The van der Waals surface area contributed by atoms with Crippen LogP contribution < -0.4 is 11.2 Å². The lowest BCUT2D eigenvalue weighted by Crippen LogP contribution is -2.37. The Hall–Kier alpha value is -2.71. The molecule has 0 radical (unpaired) electrons. The lowest BCUT2D eigenvalue weighted by molar-refractivity contribution is 0.0764. The third kappa shape index (κ3) is 4.24. The van der Waals surface area contributed by atoms with Crippen LogP contribution in [0.2, 0.25) is 0 Å². The van der Waals surface area contributed by atoms with Crippen molar-refractivity contribution in [3.63, 3.8) is 0 Å². The second-order valence-electron chi connectivity index (χ2n) is 8.36. The molecule has 0 bridgehead atoms. The number of hydrogen-bond donors (Lipinski definition) is 2. The molecule has 2 saturated heterocycles. The number of nitrogens with one attached hydrogen (secondary N) is 1. The zero-order chi connectivity index (χ0) is 21.3. The number of rotatable bonds is 4. The van der Waals surface area contributed by atoms with Crippen LogP contribution in [0, 0.1) is 6.92 Å². The third-order valence-corrected chi connectivity index (χ3v) is 6.11. The minimum absolute atomic E-state index is 0.143. The summed E-state index contributed by atoms with van der Waals surface area (Å²) in [4.78, 5) is 42.9. The number of aliphatic hydroxyl groups excluding tert-OH is 1. The van der Waals surface area contributed by atoms with Gasteiger partial charge in [-0.3, -0.25) is 24.0 Å². The summed E-state index contributed by atoms with van der Waals surface area (Å²) >= 11 is 0. The number of aryl methyl sites for hydroxylation is 1. The van der Waals surface area contributed by atoms with Gasteiger partial charge in [0.2, 0.25) is 0 Å². The van der Waals surface area contributed by atoms with E-state index < -0.39 is 23.4 Å². The van der Waals surface area contributed by atoms with Gasteiger partial charge in [-0.25, -0.2) is 4.79 Å². The molecule has 8 heteroatoms. The number of nitrogens with zero attached hydrogens (tertiary/aromatic N) is 3. The van der Waals surface area contributed by atoms with Crippen molar-refractivity contribution in [2.75, 3.05) is 26.2 Å². The monoisotopic (exact) mass is 412 g/mol. The second-order valence-corrected chi connectivity index (χ2v) is 8.36. The highest BCUT2D eigenvalue weighted by Crippen LogP contribution is 2.23. The molecule has 2 aromatic rings. The zero-order valence-electron chi connectivity index (χ0n) is 17.2. The average Bonchev–Trinajstić information content (AvgIpc) is 3.13. The van der Waals surface area contributed by atoms with Crippen molar-refractivity contribution in [1.82, 2.24) is 19.4 Å². The number of amides is 1. The van der Waals surface area contributed by atoms with E-state index in [0.29, 0.717) is 11.1 Å². The fraction of sp³-hybridized carbons (Fsp3) is 0.500. The molecule has 8 nitrogen and oxygen atoms in total. The molecule has 4 rings (SSSR count). The van der Waals surface area contributed by atoms with Crippen LogP contribution in [0.3, 0.4) is 0 Å². The number of hydrogen-bond acceptors (Lipinski definition) is 5. The number of piperidine rings is 1. The van der Waals surface area contributed by atoms with Crippen LogP contribution in [-0.2, 0) is 6.54 Å². The molecular formula is C22H28N4O4. The van der Waals surface area contributed by atoms with Gasteiger partial charge >= 0.3 is 5.69 Å². The Bertz CT molecular complexity index is 1020. The Balaban J connectivity index is 1.44. The Labute approximate surface area is 174 Å². The van der Waals surface area contributed by atoms with E-state index in [-0.39, 0.29) is 19.0 Å². The Kier molecular flexibility index (Phi) is 5.87. The molecule has 3 heterocycles. The van der Waals surface area contributed by atoms with Gasteiger partial charge in [-0.15, -0.1) is 0 Å². The molecule has 2 aliphatic rings. The van der Waals surface area contributed by atoms with Crippen molar-refractivity contribution in [1.29, 1.82) is 0 Å². The number of benzene rings is 1. The van der Waals surface area contributed by atoms with Crippen LogP contribution in [0.25, 0.3) is 0 Å². The third-order valence-electron chi connectivity index (χ3n) is 6.11. The summed E-state index contributed by atoms with van der Waals surface area (Å²) in [6.45, 7) is 5.09. The number of H-pyrrole nitrogens is 1. The maximum atomic E-state index is 12.9. The number of aliphatic hydroxyl groups is 1. The van der Waals surface area contributed by atoms with Gasteiger partial charge in [0, 0.05) is 37.0 Å².